The number of carbonyl (C=O) groups excluding carboxylic acids is 1. The molecule has 0 unspecified atom stereocenters. The molecule has 3 heteroatoms. The van der Waals surface area contributed by atoms with Gasteiger partial charge in [-0.05, 0) is 12.1 Å². The van der Waals surface area contributed by atoms with Crippen LogP contribution in [0, 0.1) is 0 Å². The minimum absolute atomic E-state index is 0. The summed E-state index contributed by atoms with van der Waals surface area (Å²) in [7, 11) is 0. The summed E-state index contributed by atoms with van der Waals surface area (Å²) in [6, 6.07) is 8.90. The molecule has 2 nitrogen and oxygen atoms in total. The van der Waals surface area contributed by atoms with Gasteiger partial charge in [0.05, 0.1) is 0 Å². The minimum Gasteiger partial charge on any atom is -0.429 e. The smallest absolute Gasteiger partial charge is 0.298 e. The normalized spacial score (nSPS) is 7.60. The Kier molecular flexibility index (Phi) is 5.21. The molecule has 0 radical (unpaired) electrons. The Morgan fingerprint density at radius 3 is 2.30 bits per heavy atom. The van der Waals surface area contributed by atoms with Gasteiger partial charge in [0.25, 0.3) is 6.47 Å². The summed E-state index contributed by atoms with van der Waals surface area (Å²) in [5, 5.41) is 0. The van der Waals surface area contributed by atoms with E-state index in [-0.39, 0.29) is 27.7 Å². The zero-order valence-corrected chi connectivity index (χ0v) is 11.0. The Morgan fingerprint density at radius 2 is 1.80 bits per heavy atom. The molecule has 10 heavy (non-hydrogen) atoms. The zero-order valence-electron chi connectivity index (χ0n) is 5.49. The van der Waals surface area contributed by atoms with Gasteiger partial charge in [0.15, 0.2) is 0 Å². The number of benzene rings is 1. The number of para-hydroxylation sites is 1. The van der Waals surface area contributed by atoms with E-state index < -0.39 is 0 Å². The molecule has 1 rings (SSSR count). The van der Waals surface area contributed by atoms with E-state index in [0.29, 0.717) is 12.2 Å². The van der Waals surface area contributed by atoms with Crippen LogP contribution in [0.1, 0.15) is 0 Å². The molecule has 0 N–H and O–H groups in total. The van der Waals surface area contributed by atoms with E-state index in [1.165, 1.54) is 0 Å². The summed E-state index contributed by atoms with van der Waals surface area (Å²) in [4.78, 5) is 9.75. The molecule has 0 atom stereocenters. The van der Waals surface area contributed by atoms with Gasteiger partial charge >= 0.3 is 0 Å². The van der Waals surface area contributed by atoms with Gasteiger partial charge < -0.3 is 4.74 Å². The number of hydrogen-bond donors (Lipinski definition) is 0. The van der Waals surface area contributed by atoms with Crippen molar-refractivity contribution in [2.75, 3.05) is 0 Å². The van der Waals surface area contributed by atoms with Crippen LogP contribution in [0.3, 0.4) is 0 Å². The SMILES string of the molecule is O=COc1ccccc1.[Hg]. The Bertz CT molecular complexity index is 186. The van der Waals surface area contributed by atoms with Crippen molar-refractivity contribution in [3.63, 3.8) is 0 Å². The van der Waals surface area contributed by atoms with Crippen LogP contribution < -0.4 is 4.74 Å². The van der Waals surface area contributed by atoms with Crippen molar-refractivity contribution in [1.29, 1.82) is 0 Å². The second-order valence-electron chi connectivity index (χ2n) is 1.53. The van der Waals surface area contributed by atoms with Crippen molar-refractivity contribution in [2.24, 2.45) is 0 Å². The molecular weight excluding hydrogens is 317 g/mol. The maximum Gasteiger partial charge on any atom is 0.298 e. The van der Waals surface area contributed by atoms with Gasteiger partial charge in [0, 0.05) is 27.7 Å². The molecule has 1 aromatic carbocycles. The van der Waals surface area contributed by atoms with E-state index in [0.717, 1.165) is 0 Å². The summed E-state index contributed by atoms with van der Waals surface area (Å²) in [5.74, 6) is 0.576. The predicted octanol–water partition coefficient (Wildman–Crippen LogP) is 1.22. The van der Waals surface area contributed by atoms with E-state index in [9.17, 15) is 4.79 Å². The molecule has 0 heterocycles. The van der Waals surface area contributed by atoms with Crippen molar-refractivity contribution in [2.45, 2.75) is 0 Å². The molecule has 0 bridgehead atoms. The molecule has 0 aliphatic carbocycles. The second kappa shape index (κ2) is 5.41. The third-order valence-corrected chi connectivity index (χ3v) is 0.927. The average molecular weight is 323 g/mol. The summed E-state index contributed by atoms with van der Waals surface area (Å²) in [6.45, 7) is 0.412. The van der Waals surface area contributed by atoms with Gasteiger partial charge in [-0.25, -0.2) is 0 Å². The van der Waals surface area contributed by atoms with Crippen LogP contribution >= 0.6 is 0 Å². The quantitative estimate of drug-likeness (QED) is 0.604. The molecule has 48 valence electrons. The van der Waals surface area contributed by atoms with Gasteiger partial charge in [-0.15, -0.1) is 0 Å². The Labute approximate surface area is 79.7 Å². The fourth-order valence-corrected chi connectivity index (χ4v) is 0.555. The maximum absolute atomic E-state index is 9.75. The van der Waals surface area contributed by atoms with Crippen LogP contribution in [0.15, 0.2) is 30.3 Å². The molecule has 0 saturated carbocycles. The van der Waals surface area contributed by atoms with E-state index >= 15 is 0 Å². The maximum atomic E-state index is 9.75. The van der Waals surface area contributed by atoms with Gasteiger partial charge in [-0.3, -0.25) is 4.79 Å². The van der Waals surface area contributed by atoms with Crippen LogP contribution in [0.25, 0.3) is 0 Å². The van der Waals surface area contributed by atoms with E-state index in [2.05, 4.69) is 4.74 Å². The zero-order chi connectivity index (χ0) is 6.53. The van der Waals surface area contributed by atoms with Gasteiger partial charge in [0.1, 0.15) is 5.75 Å². The summed E-state index contributed by atoms with van der Waals surface area (Å²) in [6.07, 6.45) is 0. The van der Waals surface area contributed by atoms with Gasteiger partial charge in [-0.1, -0.05) is 18.2 Å². The predicted molar refractivity (Wildman–Crippen MR) is 33.1 cm³/mol. The third kappa shape index (κ3) is 2.96. The molecule has 0 amide bonds. The molecule has 0 aliphatic rings. The largest absolute Gasteiger partial charge is 0.429 e. The Balaban J connectivity index is 0.000000810. The van der Waals surface area contributed by atoms with Crippen molar-refractivity contribution >= 4 is 6.47 Å². The summed E-state index contributed by atoms with van der Waals surface area (Å²) in [5.41, 5.74) is 0. The molecule has 0 saturated heterocycles. The molecule has 1 aromatic rings. The first-order valence-corrected chi connectivity index (χ1v) is 2.59. The molecule has 0 spiro atoms. The first kappa shape index (κ1) is 9.63. The fourth-order valence-electron chi connectivity index (χ4n) is 0.555. The third-order valence-electron chi connectivity index (χ3n) is 0.927. The number of rotatable bonds is 2. The summed E-state index contributed by atoms with van der Waals surface area (Å²) >= 11 is 0. The van der Waals surface area contributed by atoms with Crippen molar-refractivity contribution < 1.29 is 37.2 Å². The standard InChI is InChI=1S/C7H6O2.Hg/c8-6-9-7-4-2-1-3-5-7;/h1-6H;. The van der Waals surface area contributed by atoms with E-state index in [4.69, 9.17) is 0 Å². The van der Waals surface area contributed by atoms with Crippen molar-refractivity contribution in [1.82, 2.24) is 0 Å². The molecule has 0 aromatic heterocycles. The molecule has 0 fully saturated rings. The van der Waals surface area contributed by atoms with Crippen LogP contribution in [-0.2, 0) is 32.5 Å². The topological polar surface area (TPSA) is 26.3 Å². The van der Waals surface area contributed by atoms with Gasteiger partial charge in [-0.2, -0.15) is 0 Å². The van der Waals surface area contributed by atoms with Crippen LogP contribution in [0.4, 0.5) is 0 Å². The van der Waals surface area contributed by atoms with Gasteiger partial charge in [0.2, 0.25) is 0 Å². The number of carbonyl (C=O) groups is 1. The van der Waals surface area contributed by atoms with Crippen LogP contribution in [-0.4, -0.2) is 6.47 Å². The van der Waals surface area contributed by atoms with E-state index in [1.807, 2.05) is 6.07 Å². The average Bonchev–Trinajstić information content (AvgIpc) is 1.91. The Morgan fingerprint density at radius 1 is 1.20 bits per heavy atom. The van der Waals surface area contributed by atoms with E-state index in [1.54, 1.807) is 24.3 Å². The molecular formula is C7H6HgO2. The fraction of sp³-hybridized carbons (Fsp3) is 0. The van der Waals surface area contributed by atoms with Crippen LogP contribution in [0.5, 0.6) is 5.75 Å². The number of hydrogen-bond acceptors (Lipinski definition) is 2. The minimum atomic E-state index is 0. The van der Waals surface area contributed by atoms with Crippen molar-refractivity contribution in [3.05, 3.63) is 30.3 Å². The van der Waals surface area contributed by atoms with Crippen molar-refractivity contribution in [3.8, 4) is 5.75 Å². The molecule has 0 aliphatic heterocycles. The Hall–Kier alpha value is -0.375. The summed E-state index contributed by atoms with van der Waals surface area (Å²) < 4.78 is 4.53. The monoisotopic (exact) mass is 324 g/mol. The number of ether oxygens (including phenoxy) is 1. The first-order valence-electron chi connectivity index (χ1n) is 2.59. The van der Waals surface area contributed by atoms with Crippen LogP contribution in [0.2, 0.25) is 0 Å². The second-order valence-corrected chi connectivity index (χ2v) is 1.53. The first-order chi connectivity index (χ1) is 4.43.